The maximum absolute atomic E-state index is 11.2. The van der Waals surface area contributed by atoms with Crippen molar-refractivity contribution in [2.75, 3.05) is 12.0 Å². The summed E-state index contributed by atoms with van der Waals surface area (Å²) < 4.78 is 22.4. The summed E-state index contributed by atoms with van der Waals surface area (Å²) in [7, 11) is -3.17. The van der Waals surface area contributed by atoms with Crippen LogP contribution in [0.25, 0.3) is 0 Å². The van der Waals surface area contributed by atoms with E-state index in [-0.39, 0.29) is 5.75 Å². The molecule has 0 heterocycles. The van der Waals surface area contributed by atoms with Gasteiger partial charge in [0.2, 0.25) is 0 Å². The summed E-state index contributed by atoms with van der Waals surface area (Å²) in [5.74, 6) is -0.215. The quantitative estimate of drug-likeness (QED) is 0.875. The number of sulfone groups is 1. The minimum atomic E-state index is -3.17. The van der Waals surface area contributed by atoms with Crippen molar-refractivity contribution in [2.45, 2.75) is 32.8 Å². The zero-order chi connectivity index (χ0) is 13.1. The summed E-state index contributed by atoms with van der Waals surface area (Å²) >= 11 is 0. The molecule has 0 aromatic heterocycles. The van der Waals surface area contributed by atoms with E-state index in [1.165, 1.54) is 0 Å². The number of aliphatic hydroxyl groups excluding tert-OH is 1. The van der Waals surface area contributed by atoms with E-state index in [1.54, 1.807) is 0 Å². The molecule has 0 aliphatic rings. The summed E-state index contributed by atoms with van der Waals surface area (Å²) in [6.45, 7) is 4.03. The minimum Gasteiger partial charge on any atom is -0.387 e. The molecule has 1 atom stereocenters. The smallest absolute Gasteiger partial charge is 0.150 e. The van der Waals surface area contributed by atoms with E-state index in [2.05, 4.69) is 0 Å². The topological polar surface area (TPSA) is 54.4 Å². The van der Waals surface area contributed by atoms with Gasteiger partial charge >= 0.3 is 0 Å². The highest BCUT2D eigenvalue weighted by molar-refractivity contribution is 7.90. The summed E-state index contributed by atoms with van der Waals surface area (Å²) in [6, 6.07) is 5.91. The van der Waals surface area contributed by atoms with Gasteiger partial charge < -0.3 is 5.11 Å². The van der Waals surface area contributed by atoms with E-state index in [0.717, 1.165) is 35.8 Å². The van der Waals surface area contributed by atoms with E-state index >= 15 is 0 Å². The first-order chi connectivity index (χ1) is 7.87. The molecule has 1 aromatic carbocycles. The fourth-order valence-corrected chi connectivity index (χ4v) is 2.63. The van der Waals surface area contributed by atoms with Crippen molar-refractivity contribution in [2.24, 2.45) is 0 Å². The maximum atomic E-state index is 11.2. The molecule has 0 aliphatic carbocycles. The predicted molar refractivity (Wildman–Crippen MR) is 69.9 cm³/mol. The molecule has 0 bridgehead atoms. The van der Waals surface area contributed by atoms with E-state index in [1.807, 2.05) is 32.0 Å². The average Bonchev–Trinajstić information content (AvgIpc) is 2.25. The van der Waals surface area contributed by atoms with E-state index in [9.17, 15) is 13.5 Å². The van der Waals surface area contributed by atoms with Gasteiger partial charge in [0, 0.05) is 6.26 Å². The third-order valence-corrected chi connectivity index (χ3v) is 3.74. The lowest BCUT2D eigenvalue weighted by molar-refractivity contribution is 0.200. The van der Waals surface area contributed by atoms with Gasteiger partial charge in [-0.25, -0.2) is 8.42 Å². The van der Waals surface area contributed by atoms with Crippen molar-refractivity contribution in [1.29, 1.82) is 0 Å². The van der Waals surface area contributed by atoms with Gasteiger partial charge in [0.15, 0.2) is 0 Å². The lowest BCUT2D eigenvalue weighted by Gasteiger charge is -2.15. The molecule has 1 aromatic rings. The summed E-state index contributed by atoms with van der Waals surface area (Å²) in [5.41, 5.74) is 2.88. The standard InChI is InChI=1S/C13H20O3S/c1-4-10-6-7-11(5-2)12(8-10)13(14)9-17(3,15)16/h6-8,13-14H,4-5,9H2,1-3H3. The van der Waals surface area contributed by atoms with Crippen LogP contribution in [0.5, 0.6) is 0 Å². The predicted octanol–water partition coefficient (Wildman–Crippen LogP) is 1.89. The van der Waals surface area contributed by atoms with Crippen molar-refractivity contribution in [3.8, 4) is 0 Å². The summed E-state index contributed by atoms with van der Waals surface area (Å²) in [5, 5.41) is 10.0. The van der Waals surface area contributed by atoms with E-state index < -0.39 is 15.9 Å². The first kappa shape index (κ1) is 14.2. The Morgan fingerprint density at radius 1 is 1.24 bits per heavy atom. The number of aliphatic hydroxyl groups is 1. The van der Waals surface area contributed by atoms with Crippen LogP contribution in [0.3, 0.4) is 0 Å². The Balaban J connectivity index is 3.09. The molecular weight excluding hydrogens is 236 g/mol. The van der Waals surface area contributed by atoms with Gasteiger partial charge in [-0.05, 0) is 29.5 Å². The highest BCUT2D eigenvalue weighted by Crippen LogP contribution is 2.22. The van der Waals surface area contributed by atoms with Gasteiger partial charge in [-0.15, -0.1) is 0 Å². The Hall–Kier alpha value is -0.870. The molecule has 0 saturated heterocycles. The number of rotatable bonds is 5. The normalized spacial score (nSPS) is 13.6. The maximum Gasteiger partial charge on any atom is 0.150 e. The molecule has 0 aliphatic heterocycles. The van der Waals surface area contributed by atoms with Crippen LogP contribution in [0.4, 0.5) is 0 Å². The third kappa shape index (κ3) is 4.13. The molecule has 0 radical (unpaired) electrons. The molecule has 1 unspecified atom stereocenters. The molecular formula is C13H20O3S. The van der Waals surface area contributed by atoms with Gasteiger partial charge in [0.25, 0.3) is 0 Å². The van der Waals surface area contributed by atoms with E-state index in [4.69, 9.17) is 0 Å². The largest absolute Gasteiger partial charge is 0.387 e. The van der Waals surface area contributed by atoms with Crippen LogP contribution in [0.2, 0.25) is 0 Å². The number of hydrogen-bond donors (Lipinski definition) is 1. The van der Waals surface area contributed by atoms with Crippen molar-refractivity contribution in [3.63, 3.8) is 0 Å². The first-order valence-corrected chi connectivity index (χ1v) is 7.91. The van der Waals surface area contributed by atoms with Gasteiger partial charge in [-0.1, -0.05) is 32.0 Å². The van der Waals surface area contributed by atoms with Crippen LogP contribution in [-0.4, -0.2) is 25.5 Å². The number of hydrogen-bond acceptors (Lipinski definition) is 3. The molecule has 0 fully saturated rings. The van der Waals surface area contributed by atoms with Crippen LogP contribution in [0.15, 0.2) is 18.2 Å². The van der Waals surface area contributed by atoms with E-state index in [0.29, 0.717) is 0 Å². The highest BCUT2D eigenvalue weighted by atomic mass is 32.2. The second kappa shape index (κ2) is 5.65. The first-order valence-electron chi connectivity index (χ1n) is 5.84. The molecule has 0 amide bonds. The average molecular weight is 256 g/mol. The van der Waals surface area contributed by atoms with Gasteiger partial charge in [0.1, 0.15) is 9.84 Å². The van der Waals surface area contributed by atoms with Crippen LogP contribution >= 0.6 is 0 Å². The summed E-state index contributed by atoms with van der Waals surface area (Å²) in [6.07, 6.45) is 1.89. The second-order valence-electron chi connectivity index (χ2n) is 4.35. The molecule has 96 valence electrons. The molecule has 4 heteroatoms. The molecule has 17 heavy (non-hydrogen) atoms. The third-order valence-electron chi connectivity index (χ3n) is 2.82. The minimum absolute atomic E-state index is 0.215. The van der Waals surface area contributed by atoms with Gasteiger partial charge in [-0.3, -0.25) is 0 Å². The molecule has 1 rings (SSSR count). The van der Waals surface area contributed by atoms with Crippen LogP contribution in [0, 0.1) is 0 Å². The Bertz CT molecular complexity index is 477. The Morgan fingerprint density at radius 3 is 2.35 bits per heavy atom. The highest BCUT2D eigenvalue weighted by Gasteiger charge is 2.17. The van der Waals surface area contributed by atoms with Crippen molar-refractivity contribution < 1.29 is 13.5 Å². The second-order valence-corrected chi connectivity index (χ2v) is 6.53. The van der Waals surface area contributed by atoms with Crippen LogP contribution in [0.1, 0.15) is 36.6 Å². The molecule has 0 saturated carbocycles. The zero-order valence-electron chi connectivity index (χ0n) is 10.6. The Morgan fingerprint density at radius 2 is 1.88 bits per heavy atom. The van der Waals surface area contributed by atoms with Crippen molar-refractivity contribution >= 4 is 9.84 Å². The van der Waals surface area contributed by atoms with Crippen LogP contribution in [-0.2, 0) is 22.7 Å². The van der Waals surface area contributed by atoms with Gasteiger partial charge in [0.05, 0.1) is 11.9 Å². The number of benzene rings is 1. The van der Waals surface area contributed by atoms with Crippen molar-refractivity contribution in [1.82, 2.24) is 0 Å². The zero-order valence-corrected chi connectivity index (χ0v) is 11.4. The Kier molecular flexibility index (Phi) is 4.71. The summed E-state index contributed by atoms with van der Waals surface area (Å²) in [4.78, 5) is 0. The SMILES string of the molecule is CCc1ccc(CC)c(C(O)CS(C)(=O)=O)c1. The van der Waals surface area contributed by atoms with Crippen molar-refractivity contribution in [3.05, 3.63) is 34.9 Å². The monoisotopic (exact) mass is 256 g/mol. The lowest BCUT2D eigenvalue weighted by Crippen LogP contribution is -2.14. The molecule has 0 spiro atoms. The molecule has 1 N–H and O–H groups in total. The molecule has 3 nitrogen and oxygen atoms in total. The fourth-order valence-electron chi connectivity index (χ4n) is 1.87. The Labute approximate surface area is 103 Å². The van der Waals surface area contributed by atoms with Crippen LogP contribution < -0.4 is 0 Å². The fraction of sp³-hybridized carbons (Fsp3) is 0.538. The number of aryl methyl sites for hydroxylation is 2. The van der Waals surface area contributed by atoms with Gasteiger partial charge in [-0.2, -0.15) is 0 Å². The lowest BCUT2D eigenvalue weighted by atomic mass is 9.97.